The first-order chi connectivity index (χ1) is 9.08. The van der Waals surface area contributed by atoms with Crippen LogP contribution >= 0.6 is 0 Å². The Hall–Kier alpha value is -2.43. The first-order valence-corrected chi connectivity index (χ1v) is 6.02. The van der Waals surface area contributed by atoms with Gasteiger partial charge < -0.3 is 10.5 Å². The fourth-order valence-electron chi connectivity index (χ4n) is 1.65. The van der Waals surface area contributed by atoms with Crippen LogP contribution in [0.2, 0.25) is 0 Å². The number of aromatic nitrogens is 2. The summed E-state index contributed by atoms with van der Waals surface area (Å²) in [6.45, 7) is 4.23. The number of nitrogen functional groups attached to an aromatic ring is 1. The molecule has 0 amide bonds. The standard InChI is InChI=1S/C14H16N4O/c1-9(2)10-4-3-5-11(8-10)19-14-12(13(15)16)6-7-17-18-14/h3-9H,1-2H3,(H3,15,16). The molecule has 5 nitrogen and oxygen atoms in total. The fourth-order valence-corrected chi connectivity index (χ4v) is 1.65. The topological polar surface area (TPSA) is 84.9 Å². The molecule has 0 aliphatic carbocycles. The molecule has 0 saturated heterocycles. The van der Waals surface area contributed by atoms with Crippen LogP contribution in [-0.2, 0) is 0 Å². The van der Waals surface area contributed by atoms with Crippen LogP contribution in [0.5, 0.6) is 11.6 Å². The number of hydrogen-bond donors (Lipinski definition) is 2. The third-order valence-electron chi connectivity index (χ3n) is 2.72. The van der Waals surface area contributed by atoms with Crippen LogP contribution in [-0.4, -0.2) is 16.0 Å². The highest BCUT2D eigenvalue weighted by atomic mass is 16.5. The Labute approximate surface area is 111 Å². The van der Waals surface area contributed by atoms with E-state index in [1.54, 1.807) is 6.07 Å². The molecule has 1 aromatic carbocycles. The summed E-state index contributed by atoms with van der Waals surface area (Å²) in [6, 6.07) is 9.36. The van der Waals surface area contributed by atoms with E-state index in [1.165, 1.54) is 11.8 Å². The zero-order chi connectivity index (χ0) is 13.8. The third-order valence-corrected chi connectivity index (χ3v) is 2.72. The first kappa shape index (κ1) is 13.0. The molecule has 0 aliphatic heterocycles. The molecule has 0 fully saturated rings. The van der Waals surface area contributed by atoms with Gasteiger partial charge in [0.05, 0.1) is 11.8 Å². The summed E-state index contributed by atoms with van der Waals surface area (Å²) in [5.74, 6) is 1.23. The van der Waals surface area contributed by atoms with Crippen LogP contribution in [0.15, 0.2) is 36.5 Å². The molecule has 5 heteroatoms. The van der Waals surface area contributed by atoms with Crippen molar-refractivity contribution < 1.29 is 4.74 Å². The van der Waals surface area contributed by atoms with Crippen LogP contribution < -0.4 is 10.5 Å². The molecule has 0 atom stereocenters. The van der Waals surface area contributed by atoms with Gasteiger partial charge in [-0.25, -0.2) is 0 Å². The number of hydrogen-bond acceptors (Lipinski definition) is 4. The molecule has 2 rings (SSSR count). The van der Waals surface area contributed by atoms with E-state index in [9.17, 15) is 0 Å². The maximum atomic E-state index is 7.48. The molecule has 1 aromatic heterocycles. The maximum absolute atomic E-state index is 7.48. The van der Waals surface area contributed by atoms with Gasteiger partial charge in [-0.15, -0.1) is 5.10 Å². The van der Waals surface area contributed by atoms with Gasteiger partial charge in [-0.3, -0.25) is 5.41 Å². The minimum Gasteiger partial charge on any atom is -0.437 e. The average Bonchev–Trinajstić information content (AvgIpc) is 2.39. The van der Waals surface area contributed by atoms with Crippen LogP contribution in [0.3, 0.4) is 0 Å². The molecular weight excluding hydrogens is 240 g/mol. The van der Waals surface area contributed by atoms with Gasteiger partial charge in [0, 0.05) is 0 Å². The Morgan fingerprint density at radius 1 is 1.32 bits per heavy atom. The molecule has 19 heavy (non-hydrogen) atoms. The molecule has 0 spiro atoms. The largest absolute Gasteiger partial charge is 0.437 e. The van der Waals surface area contributed by atoms with Crippen molar-refractivity contribution in [3.8, 4) is 11.6 Å². The molecule has 98 valence electrons. The summed E-state index contributed by atoms with van der Waals surface area (Å²) in [4.78, 5) is 0. The van der Waals surface area contributed by atoms with Gasteiger partial charge in [-0.2, -0.15) is 5.10 Å². The number of nitrogens with two attached hydrogens (primary N) is 1. The van der Waals surface area contributed by atoms with Crippen LogP contribution in [0.4, 0.5) is 0 Å². The summed E-state index contributed by atoms with van der Waals surface area (Å²) in [6.07, 6.45) is 1.48. The molecule has 1 heterocycles. The van der Waals surface area contributed by atoms with E-state index in [1.807, 2.05) is 24.3 Å². The van der Waals surface area contributed by atoms with E-state index >= 15 is 0 Å². The zero-order valence-electron chi connectivity index (χ0n) is 10.9. The quantitative estimate of drug-likeness (QED) is 0.650. The van der Waals surface area contributed by atoms with Gasteiger partial charge in [0.2, 0.25) is 5.88 Å². The van der Waals surface area contributed by atoms with Gasteiger partial charge in [0.1, 0.15) is 11.6 Å². The van der Waals surface area contributed by atoms with Gasteiger partial charge >= 0.3 is 0 Å². The average molecular weight is 256 g/mol. The normalized spacial score (nSPS) is 10.5. The Morgan fingerprint density at radius 2 is 2.11 bits per heavy atom. The second kappa shape index (κ2) is 5.48. The Balaban J connectivity index is 2.31. The fraction of sp³-hybridized carbons (Fsp3) is 0.214. The van der Waals surface area contributed by atoms with Crippen LogP contribution in [0.1, 0.15) is 30.9 Å². The van der Waals surface area contributed by atoms with E-state index in [0.717, 1.165) is 0 Å². The van der Waals surface area contributed by atoms with Crippen molar-refractivity contribution in [2.75, 3.05) is 0 Å². The van der Waals surface area contributed by atoms with Crippen molar-refractivity contribution >= 4 is 5.84 Å². The Bertz CT molecular complexity index is 596. The van der Waals surface area contributed by atoms with E-state index in [2.05, 4.69) is 24.0 Å². The second-order valence-electron chi connectivity index (χ2n) is 4.49. The molecule has 0 unspecified atom stereocenters. The highest BCUT2D eigenvalue weighted by Crippen LogP contribution is 2.25. The van der Waals surface area contributed by atoms with Gasteiger partial charge in [-0.05, 0) is 29.7 Å². The minimum absolute atomic E-state index is 0.0927. The lowest BCUT2D eigenvalue weighted by Crippen LogP contribution is -2.13. The number of nitrogens with zero attached hydrogens (tertiary/aromatic N) is 2. The summed E-state index contributed by atoms with van der Waals surface area (Å²) in [7, 11) is 0. The van der Waals surface area contributed by atoms with Crippen LogP contribution in [0.25, 0.3) is 0 Å². The second-order valence-corrected chi connectivity index (χ2v) is 4.49. The number of amidine groups is 1. The Morgan fingerprint density at radius 3 is 2.79 bits per heavy atom. The summed E-state index contributed by atoms with van der Waals surface area (Å²) >= 11 is 0. The molecule has 0 radical (unpaired) electrons. The van der Waals surface area contributed by atoms with E-state index in [0.29, 0.717) is 17.2 Å². The summed E-state index contributed by atoms with van der Waals surface area (Å²) in [5.41, 5.74) is 7.09. The number of benzene rings is 1. The lowest BCUT2D eigenvalue weighted by atomic mass is 10.0. The van der Waals surface area contributed by atoms with E-state index < -0.39 is 0 Å². The monoisotopic (exact) mass is 256 g/mol. The van der Waals surface area contributed by atoms with Crippen molar-refractivity contribution in [3.05, 3.63) is 47.7 Å². The van der Waals surface area contributed by atoms with E-state index in [4.69, 9.17) is 15.9 Å². The van der Waals surface area contributed by atoms with Crippen molar-refractivity contribution in [1.29, 1.82) is 5.41 Å². The van der Waals surface area contributed by atoms with E-state index in [-0.39, 0.29) is 11.7 Å². The SMILES string of the molecule is CC(C)c1cccc(Oc2nnccc2C(=N)N)c1. The summed E-state index contributed by atoms with van der Waals surface area (Å²) < 4.78 is 5.67. The zero-order valence-corrected chi connectivity index (χ0v) is 10.9. The Kier molecular flexibility index (Phi) is 3.75. The third kappa shape index (κ3) is 3.07. The number of rotatable bonds is 4. The molecule has 0 aliphatic rings. The van der Waals surface area contributed by atoms with Crippen molar-refractivity contribution in [2.24, 2.45) is 5.73 Å². The predicted octanol–water partition coefficient (Wildman–Crippen LogP) is 2.68. The highest BCUT2D eigenvalue weighted by molar-refractivity contribution is 5.96. The van der Waals surface area contributed by atoms with Gasteiger partial charge in [-0.1, -0.05) is 26.0 Å². The van der Waals surface area contributed by atoms with Crippen molar-refractivity contribution in [2.45, 2.75) is 19.8 Å². The van der Waals surface area contributed by atoms with Crippen LogP contribution in [0, 0.1) is 5.41 Å². The molecule has 0 saturated carbocycles. The lowest BCUT2D eigenvalue weighted by molar-refractivity contribution is 0.453. The highest BCUT2D eigenvalue weighted by Gasteiger charge is 2.10. The van der Waals surface area contributed by atoms with Crippen molar-refractivity contribution in [3.63, 3.8) is 0 Å². The first-order valence-electron chi connectivity index (χ1n) is 6.02. The van der Waals surface area contributed by atoms with Crippen molar-refractivity contribution in [1.82, 2.24) is 10.2 Å². The predicted molar refractivity (Wildman–Crippen MR) is 73.7 cm³/mol. The molecule has 3 N–H and O–H groups in total. The maximum Gasteiger partial charge on any atom is 0.249 e. The smallest absolute Gasteiger partial charge is 0.249 e. The van der Waals surface area contributed by atoms with Gasteiger partial charge in [0.15, 0.2) is 0 Å². The molecular formula is C14H16N4O. The number of nitrogens with one attached hydrogen (secondary N) is 1. The molecule has 0 bridgehead atoms. The molecule has 2 aromatic rings. The summed E-state index contributed by atoms with van der Waals surface area (Å²) in [5, 5.41) is 15.1. The number of ether oxygens (including phenoxy) is 1. The minimum atomic E-state index is -0.0927. The van der Waals surface area contributed by atoms with Gasteiger partial charge in [0.25, 0.3) is 0 Å². The lowest BCUT2D eigenvalue weighted by Gasteiger charge is -2.10.